The van der Waals surface area contributed by atoms with Crippen LogP contribution < -0.4 is 16.2 Å². The summed E-state index contributed by atoms with van der Waals surface area (Å²) in [5.74, 6) is -0.850. The number of amides is 1. The van der Waals surface area contributed by atoms with Gasteiger partial charge in [-0.1, -0.05) is 18.2 Å². The van der Waals surface area contributed by atoms with Gasteiger partial charge in [-0.3, -0.25) is 9.59 Å². The van der Waals surface area contributed by atoms with Gasteiger partial charge in [0.2, 0.25) is 0 Å². The van der Waals surface area contributed by atoms with Gasteiger partial charge in [-0.25, -0.2) is 22.0 Å². The molecule has 0 radical (unpaired) electrons. The number of hydrogen-bond donors (Lipinski definition) is 2. The first-order valence-electron chi connectivity index (χ1n) is 12.9. The first kappa shape index (κ1) is 26.6. The van der Waals surface area contributed by atoms with Crippen LogP contribution in [-0.2, 0) is 5.54 Å². The van der Waals surface area contributed by atoms with Gasteiger partial charge in [-0.2, -0.15) is 0 Å². The van der Waals surface area contributed by atoms with E-state index in [9.17, 15) is 31.5 Å². The molecule has 3 fully saturated rings. The molecular weight excluding hydrogens is 507 g/mol. The second kappa shape index (κ2) is 9.98. The summed E-state index contributed by atoms with van der Waals surface area (Å²) in [6.45, 7) is 3.38. The maximum atomic E-state index is 14.7. The quantitative estimate of drug-likeness (QED) is 0.469. The van der Waals surface area contributed by atoms with E-state index in [1.54, 1.807) is 0 Å². The van der Waals surface area contributed by atoms with E-state index in [4.69, 9.17) is 0 Å². The fourth-order valence-electron chi connectivity index (χ4n) is 6.17. The molecule has 6 nitrogen and oxygen atoms in total. The number of hydrogen-bond acceptors (Lipinski definition) is 4. The molecule has 206 valence electrons. The Labute approximate surface area is 217 Å². The van der Waals surface area contributed by atoms with Gasteiger partial charge >= 0.3 is 0 Å². The summed E-state index contributed by atoms with van der Waals surface area (Å²) in [5, 5.41) is 5.90. The Hall–Kier alpha value is -2.95. The van der Waals surface area contributed by atoms with Crippen LogP contribution in [0, 0.1) is 17.7 Å². The summed E-state index contributed by atoms with van der Waals surface area (Å²) in [7, 11) is 2.07. The Morgan fingerprint density at radius 2 is 1.71 bits per heavy atom. The Morgan fingerprint density at radius 1 is 1.08 bits per heavy atom. The minimum Gasteiger partial charge on any atom is -0.381 e. The number of carbonyl (C=O) groups is 1. The molecule has 1 aromatic heterocycles. The summed E-state index contributed by atoms with van der Waals surface area (Å²) in [4.78, 5) is 28.7. The lowest BCUT2D eigenvalue weighted by atomic mass is 10.0. The molecule has 2 heterocycles. The molecule has 1 unspecified atom stereocenters. The largest absolute Gasteiger partial charge is 0.381 e. The van der Waals surface area contributed by atoms with Gasteiger partial charge < -0.3 is 20.1 Å². The number of halogens is 5. The Kier molecular flexibility index (Phi) is 7.00. The number of alkyl halides is 4. The fourth-order valence-corrected chi connectivity index (χ4v) is 6.17. The molecular formula is C27H31F5N4O2. The van der Waals surface area contributed by atoms with Crippen molar-refractivity contribution in [3.63, 3.8) is 0 Å². The minimum absolute atomic E-state index is 0.00285. The number of rotatable bonds is 8. The van der Waals surface area contributed by atoms with Crippen LogP contribution in [-0.4, -0.2) is 48.0 Å². The number of nitrogens with zero attached hydrogens (tertiary/aromatic N) is 2. The molecule has 2 saturated carbocycles. The van der Waals surface area contributed by atoms with Crippen LogP contribution in [0.1, 0.15) is 66.6 Å². The van der Waals surface area contributed by atoms with Crippen LogP contribution in [0.5, 0.6) is 0 Å². The zero-order valence-electron chi connectivity index (χ0n) is 21.2. The summed E-state index contributed by atoms with van der Waals surface area (Å²) >= 11 is 0. The highest BCUT2D eigenvalue weighted by atomic mass is 19.3. The van der Waals surface area contributed by atoms with Crippen LogP contribution in [0.4, 0.5) is 27.6 Å². The molecule has 4 atom stereocenters. The summed E-state index contributed by atoms with van der Waals surface area (Å²) in [5.41, 5.74) is -2.99. The lowest BCUT2D eigenvalue weighted by Gasteiger charge is -2.24. The van der Waals surface area contributed by atoms with E-state index in [0.717, 1.165) is 42.8 Å². The number of nitrogens with one attached hydrogen (secondary N) is 2. The second-order valence-corrected chi connectivity index (χ2v) is 11.0. The Bertz CT molecular complexity index is 1260. The van der Waals surface area contributed by atoms with E-state index in [2.05, 4.69) is 22.6 Å². The van der Waals surface area contributed by atoms with Crippen molar-refractivity contribution in [3.8, 4) is 0 Å². The standard InChI is InChI=1S/C27H31F5N4O2/c1-14(18-4-3-5-19(23(18)28)24(29)30)33-25(38)20-13-36(27(6-7-27)26(31)32)22(37)10-21(20)34-17-8-15-11-35(2)12-16(15)9-17/h3-5,10,13-17,24,26,34H,6-9,11-12H2,1-2H3,(H,33,38)/t14-,15-,16+,17?/m1/s1. The molecule has 1 aliphatic heterocycles. The maximum Gasteiger partial charge on any atom is 0.266 e. The van der Waals surface area contributed by atoms with E-state index in [1.165, 1.54) is 25.1 Å². The second-order valence-electron chi connectivity index (χ2n) is 11.0. The van der Waals surface area contributed by atoms with Gasteiger partial charge in [-0.05, 0) is 51.5 Å². The molecule has 1 saturated heterocycles. The van der Waals surface area contributed by atoms with Gasteiger partial charge in [0.25, 0.3) is 24.3 Å². The normalized spacial score (nSPS) is 25.0. The summed E-state index contributed by atoms with van der Waals surface area (Å²) in [6.07, 6.45) is -2.73. The van der Waals surface area contributed by atoms with Crippen molar-refractivity contribution < 1.29 is 26.7 Å². The highest BCUT2D eigenvalue weighted by Crippen LogP contribution is 2.48. The van der Waals surface area contributed by atoms with Gasteiger partial charge in [0.1, 0.15) is 11.4 Å². The van der Waals surface area contributed by atoms with Crippen LogP contribution in [0.3, 0.4) is 0 Å². The van der Waals surface area contributed by atoms with Crippen LogP contribution in [0.15, 0.2) is 35.3 Å². The van der Waals surface area contributed by atoms with Crippen LogP contribution in [0.2, 0.25) is 0 Å². The van der Waals surface area contributed by atoms with E-state index in [-0.39, 0.29) is 35.7 Å². The number of anilines is 1. The first-order chi connectivity index (χ1) is 18.0. The maximum absolute atomic E-state index is 14.7. The van der Waals surface area contributed by atoms with E-state index in [0.29, 0.717) is 11.8 Å². The van der Waals surface area contributed by atoms with Gasteiger partial charge in [-0.15, -0.1) is 0 Å². The third-order valence-corrected chi connectivity index (χ3v) is 8.35. The highest BCUT2D eigenvalue weighted by molar-refractivity contribution is 5.99. The smallest absolute Gasteiger partial charge is 0.266 e. The zero-order valence-corrected chi connectivity index (χ0v) is 21.2. The SMILES string of the molecule is C[C@@H](NC(=O)c1cn(C2(C(F)F)CC2)c(=O)cc1NC1C[C@@H]2CN(C)C[C@@H]2C1)c1cccc(C(F)F)c1F. The molecule has 3 aliphatic rings. The molecule has 2 N–H and O–H groups in total. The monoisotopic (exact) mass is 538 g/mol. The topological polar surface area (TPSA) is 66.4 Å². The number of pyridine rings is 1. The lowest BCUT2D eigenvalue weighted by Crippen LogP contribution is -2.38. The fraction of sp³-hybridized carbons (Fsp3) is 0.556. The molecule has 1 aromatic carbocycles. The molecule has 0 bridgehead atoms. The zero-order chi connectivity index (χ0) is 27.4. The van der Waals surface area contributed by atoms with E-state index < -0.39 is 47.3 Å². The van der Waals surface area contributed by atoms with E-state index in [1.807, 2.05) is 0 Å². The van der Waals surface area contributed by atoms with Gasteiger partial charge in [0.05, 0.1) is 22.9 Å². The third-order valence-electron chi connectivity index (χ3n) is 8.35. The molecule has 2 aliphatic carbocycles. The van der Waals surface area contributed by atoms with Gasteiger partial charge in [0.15, 0.2) is 0 Å². The van der Waals surface area contributed by atoms with Crippen molar-refractivity contribution in [1.29, 1.82) is 0 Å². The summed E-state index contributed by atoms with van der Waals surface area (Å²) in [6, 6.07) is 3.74. The molecule has 0 spiro atoms. The van der Waals surface area contributed by atoms with Crippen LogP contribution in [0.25, 0.3) is 0 Å². The van der Waals surface area contributed by atoms with Crippen molar-refractivity contribution in [2.24, 2.45) is 11.8 Å². The molecule has 1 amide bonds. The predicted molar refractivity (Wildman–Crippen MR) is 132 cm³/mol. The Balaban J connectivity index is 1.44. The number of benzene rings is 1. The summed E-state index contributed by atoms with van der Waals surface area (Å²) < 4.78 is 69.7. The van der Waals surface area contributed by atoms with E-state index >= 15 is 0 Å². The Morgan fingerprint density at radius 3 is 2.29 bits per heavy atom. The molecule has 38 heavy (non-hydrogen) atoms. The highest BCUT2D eigenvalue weighted by Gasteiger charge is 2.53. The number of carbonyl (C=O) groups excluding carboxylic acids is 1. The van der Waals surface area contributed by atoms with Crippen molar-refractivity contribution in [2.45, 2.75) is 63.1 Å². The van der Waals surface area contributed by atoms with Gasteiger partial charge in [0, 0.05) is 37.0 Å². The molecule has 11 heteroatoms. The average molecular weight is 539 g/mol. The van der Waals surface area contributed by atoms with Crippen molar-refractivity contribution in [1.82, 2.24) is 14.8 Å². The number of aromatic nitrogens is 1. The van der Waals surface area contributed by atoms with Crippen molar-refractivity contribution >= 4 is 11.6 Å². The van der Waals surface area contributed by atoms with Crippen molar-refractivity contribution in [3.05, 3.63) is 63.3 Å². The van der Waals surface area contributed by atoms with Crippen LogP contribution >= 0.6 is 0 Å². The third kappa shape index (κ3) is 4.81. The number of likely N-dealkylation sites (tertiary alicyclic amines) is 1. The molecule has 2 aromatic rings. The number of fused-ring (bicyclic) bond motifs is 1. The predicted octanol–water partition coefficient (Wildman–Crippen LogP) is 4.92. The molecule has 5 rings (SSSR count). The lowest BCUT2D eigenvalue weighted by molar-refractivity contribution is 0.0648. The minimum atomic E-state index is -3.02. The first-order valence-corrected chi connectivity index (χ1v) is 12.9. The van der Waals surface area contributed by atoms with Crippen molar-refractivity contribution in [2.75, 3.05) is 25.5 Å². The average Bonchev–Trinajstić information content (AvgIpc) is 3.47.